The third-order valence-electron chi connectivity index (χ3n) is 5.64. The number of carbonyl (C=O) groups excluding carboxylic acids is 1. The van der Waals surface area contributed by atoms with Crippen LogP contribution in [0.3, 0.4) is 0 Å². The lowest BCUT2D eigenvalue weighted by Gasteiger charge is -2.38. The van der Waals surface area contributed by atoms with E-state index in [1.165, 1.54) is 12.8 Å². The second-order valence-electron chi connectivity index (χ2n) is 6.63. The molecule has 0 aliphatic heterocycles. The molecule has 0 radical (unpaired) electrons. The molecule has 3 nitrogen and oxygen atoms in total. The highest BCUT2D eigenvalue weighted by Gasteiger charge is 2.62. The van der Waals surface area contributed by atoms with Gasteiger partial charge in [-0.05, 0) is 30.6 Å². The number of ether oxygens (including phenoxy) is 2. The lowest BCUT2D eigenvalue weighted by molar-refractivity contribution is -0.153. The molecule has 0 amide bonds. The lowest BCUT2D eigenvalue weighted by atomic mass is 9.70. The largest absolute Gasteiger partial charge is 0.461 e. The second kappa shape index (κ2) is 5.65. The smallest absolute Gasteiger partial charge is 0.316 e. The number of rotatable bonds is 6. The molecule has 3 unspecified atom stereocenters. The van der Waals surface area contributed by atoms with Crippen LogP contribution in [0.1, 0.15) is 40.0 Å². The Morgan fingerprint density at radius 1 is 1.37 bits per heavy atom. The van der Waals surface area contributed by atoms with E-state index in [4.69, 9.17) is 9.47 Å². The molecule has 0 spiro atoms. The minimum absolute atomic E-state index is 0.0596. The van der Waals surface area contributed by atoms with E-state index >= 15 is 0 Å². The zero-order valence-electron chi connectivity index (χ0n) is 12.5. The molecule has 2 aliphatic rings. The van der Waals surface area contributed by atoms with Crippen LogP contribution in [-0.4, -0.2) is 37.3 Å². The van der Waals surface area contributed by atoms with Crippen LogP contribution < -0.4 is 0 Å². The van der Waals surface area contributed by atoms with E-state index in [9.17, 15) is 4.79 Å². The second-order valence-corrected chi connectivity index (χ2v) is 7.74. The topological polar surface area (TPSA) is 35.5 Å². The van der Waals surface area contributed by atoms with Crippen LogP contribution in [0.15, 0.2) is 0 Å². The first-order valence-electron chi connectivity index (χ1n) is 7.18. The van der Waals surface area contributed by atoms with Gasteiger partial charge >= 0.3 is 5.97 Å². The molecular weight excluding hydrogens is 260 g/mol. The van der Waals surface area contributed by atoms with Crippen molar-refractivity contribution < 1.29 is 14.3 Å². The Morgan fingerprint density at radius 3 is 2.63 bits per heavy atom. The fourth-order valence-electron chi connectivity index (χ4n) is 3.80. The Labute approximate surface area is 120 Å². The van der Waals surface area contributed by atoms with Crippen molar-refractivity contribution in [1.82, 2.24) is 0 Å². The predicted octanol–water partition coefficient (Wildman–Crippen LogP) is 3.12. The van der Waals surface area contributed by atoms with E-state index in [-0.39, 0.29) is 17.5 Å². The molecule has 19 heavy (non-hydrogen) atoms. The number of esters is 1. The minimum atomic E-state index is -0.0596. The third-order valence-corrected chi connectivity index (χ3v) is 6.53. The predicted molar refractivity (Wildman–Crippen MR) is 78.3 cm³/mol. The van der Waals surface area contributed by atoms with Gasteiger partial charge in [-0.15, -0.1) is 11.8 Å². The highest BCUT2D eigenvalue weighted by molar-refractivity contribution is 7.99. The van der Waals surface area contributed by atoms with Crippen molar-refractivity contribution in [3.05, 3.63) is 0 Å². The van der Waals surface area contributed by atoms with Gasteiger partial charge in [0.05, 0.1) is 12.4 Å². The molecule has 2 rings (SSSR count). The van der Waals surface area contributed by atoms with Gasteiger partial charge in [0.1, 0.15) is 6.10 Å². The van der Waals surface area contributed by atoms with Crippen molar-refractivity contribution in [1.29, 1.82) is 0 Å². The molecule has 2 saturated carbocycles. The monoisotopic (exact) mass is 286 g/mol. The van der Waals surface area contributed by atoms with Crippen LogP contribution in [0.4, 0.5) is 0 Å². The number of fused-ring (bicyclic) bond motifs is 2. The fraction of sp³-hybridized carbons (Fsp3) is 0.933. The maximum Gasteiger partial charge on any atom is 0.316 e. The number of hydrogen-bond acceptors (Lipinski definition) is 4. The molecule has 0 aromatic carbocycles. The van der Waals surface area contributed by atoms with E-state index in [0.717, 1.165) is 18.1 Å². The summed E-state index contributed by atoms with van der Waals surface area (Å²) in [5.41, 5.74) is 0.478. The van der Waals surface area contributed by atoms with Crippen molar-refractivity contribution >= 4 is 17.7 Å². The van der Waals surface area contributed by atoms with E-state index in [1.807, 2.05) is 0 Å². The summed E-state index contributed by atoms with van der Waals surface area (Å²) >= 11 is 1.59. The van der Waals surface area contributed by atoms with Crippen LogP contribution in [0.25, 0.3) is 0 Å². The molecule has 0 saturated heterocycles. The van der Waals surface area contributed by atoms with Crippen LogP contribution in [-0.2, 0) is 14.3 Å². The summed E-state index contributed by atoms with van der Waals surface area (Å²) in [6.07, 6.45) is 3.66. The molecule has 2 aliphatic carbocycles. The highest BCUT2D eigenvalue weighted by atomic mass is 32.2. The molecule has 3 atom stereocenters. The quantitative estimate of drug-likeness (QED) is 0.555. The minimum Gasteiger partial charge on any atom is -0.461 e. The Hall–Kier alpha value is -0.220. The van der Waals surface area contributed by atoms with Gasteiger partial charge in [-0.25, -0.2) is 0 Å². The molecule has 0 aromatic rings. The highest BCUT2D eigenvalue weighted by Crippen LogP contribution is 2.66. The standard InChI is InChI=1S/C15H26O3S/c1-14(2)11-5-6-15(14,3)12(9-11)18-13(16)10-19-8-7-17-4/h11-12H,5-10H2,1-4H3. The van der Waals surface area contributed by atoms with Gasteiger partial charge in [-0.2, -0.15) is 0 Å². The number of hydrogen-bond donors (Lipinski definition) is 0. The summed E-state index contributed by atoms with van der Waals surface area (Å²) in [6.45, 7) is 7.67. The van der Waals surface area contributed by atoms with Gasteiger partial charge in [0.15, 0.2) is 0 Å². The maximum atomic E-state index is 11.9. The maximum absolute atomic E-state index is 11.9. The van der Waals surface area contributed by atoms with E-state index < -0.39 is 0 Å². The van der Waals surface area contributed by atoms with Crippen molar-refractivity contribution in [2.75, 3.05) is 25.2 Å². The first-order valence-corrected chi connectivity index (χ1v) is 8.33. The molecular formula is C15H26O3S. The van der Waals surface area contributed by atoms with Gasteiger partial charge in [0, 0.05) is 18.3 Å². The van der Waals surface area contributed by atoms with Crippen LogP contribution in [0, 0.1) is 16.7 Å². The van der Waals surface area contributed by atoms with Crippen LogP contribution >= 0.6 is 11.8 Å². The SMILES string of the molecule is COCCSCC(=O)OC1CC2CCC1(C)C2(C)C. The zero-order valence-corrected chi connectivity index (χ0v) is 13.3. The van der Waals surface area contributed by atoms with Crippen molar-refractivity contribution in [2.24, 2.45) is 16.7 Å². The summed E-state index contributed by atoms with van der Waals surface area (Å²) in [6, 6.07) is 0. The number of carbonyl (C=O) groups is 1. The Bertz CT molecular complexity index is 342. The van der Waals surface area contributed by atoms with Crippen LogP contribution in [0.5, 0.6) is 0 Å². The normalized spacial score (nSPS) is 35.6. The van der Waals surface area contributed by atoms with Crippen molar-refractivity contribution in [3.63, 3.8) is 0 Å². The van der Waals surface area contributed by atoms with Crippen molar-refractivity contribution in [3.8, 4) is 0 Å². The molecule has 2 fully saturated rings. The zero-order chi connectivity index (χ0) is 14.1. The average Bonchev–Trinajstić information content (AvgIpc) is 2.68. The van der Waals surface area contributed by atoms with E-state index in [0.29, 0.717) is 17.8 Å². The van der Waals surface area contributed by atoms with E-state index in [2.05, 4.69) is 20.8 Å². The molecule has 0 aromatic heterocycles. The average molecular weight is 286 g/mol. The van der Waals surface area contributed by atoms with Gasteiger partial charge in [0.25, 0.3) is 0 Å². The van der Waals surface area contributed by atoms with E-state index in [1.54, 1.807) is 18.9 Å². The van der Waals surface area contributed by atoms with Crippen molar-refractivity contribution in [2.45, 2.75) is 46.1 Å². The summed E-state index contributed by atoms with van der Waals surface area (Å²) < 4.78 is 10.7. The molecule has 110 valence electrons. The number of methoxy groups -OCH3 is 1. The molecule has 4 heteroatoms. The van der Waals surface area contributed by atoms with Gasteiger partial charge in [-0.1, -0.05) is 20.8 Å². The summed E-state index contributed by atoms with van der Waals surface area (Å²) in [5, 5.41) is 0. The molecule has 0 heterocycles. The summed E-state index contributed by atoms with van der Waals surface area (Å²) in [4.78, 5) is 11.9. The number of thioether (sulfide) groups is 1. The van der Waals surface area contributed by atoms with Crippen LogP contribution in [0.2, 0.25) is 0 Å². The third kappa shape index (κ3) is 2.66. The Balaban J connectivity index is 1.83. The first-order chi connectivity index (χ1) is 8.91. The summed E-state index contributed by atoms with van der Waals surface area (Å²) in [7, 11) is 1.68. The summed E-state index contributed by atoms with van der Waals surface area (Å²) in [5.74, 6) is 1.95. The lowest BCUT2D eigenvalue weighted by Crippen LogP contribution is -2.38. The first kappa shape index (κ1) is 15.2. The van der Waals surface area contributed by atoms with Gasteiger partial charge < -0.3 is 9.47 Å². The molecule has 2 bridgehead atoms. The van der Waals surface area contributed by atoms with Gasteiger partial charge in [0.2, 0.25) is 0 Å². The fourth-order valence-corrected chi connectivity index (χ4v) is 4.46. The Morgan fingerprint density at radius 2 is 2.11 bits per heavy atom. The molecule has 0 N–H and O–H groups in total. The Kier molecular flexibility index (Phi) is 4.51. The van der Waals surface area contributed by atoms with Gasteiger partial charge in [-0.3, -0.25) is 4.79 Å².